The van der Waals surface area contributed by atoms with Gasteiger partial charge in [0.15, 0.2) is 0 Å². The van der Waals surface area contributed by atoms with Crippen LogP contribution in [0.5, 0.6) is 0 Å². The fraction of sp³-hybridized carbons (Fsp3) is 0.457. The second kappa shape index (κ2) is 11.6. The fourth-order valence-electron chi connectivity index (χ4n) is 7.55. The molecule has 0 bridgehead atoms. The van der Waals surface area contributed by atoms with E-state index in [1.807, 2.05) is 78.3 Å². The van der Waals surface area contributed by atoms with E-state index < -0.39 is 27.4 Å². The number of carbonyl (C=O) groups excluding carboxylic acids is 3. The van der Waals surface area contributed by atoms with E-state index in [4.69, 9.17) is 0 Å². The van der Waals surface area contributed by atoms with E-state index in [1.54, 1.807) is 16.7 Å². The van der Waals surface area contributed by atoms with E-state index in [2.05, 4.69) is 25.2 Å². The summed E-state index contributed by atoms with van der Waals surface area (Å²) in [7, 11) is 0. The van der Waals surface area contributed by atoms with Gasteiger partial charge in [-0.1, -0.05) is 66.8 Å². The maximum Gasteiger partial charge on any atom is 0.251 e. The number of nitrogens with zero attached hydrogens (tertiary/aromatic N) is 3. The average Bonchev–Trinajstić information content (AvgIpc) is 3.26. The van der Waals surface area contributed by atoms with Gasteiger partial charge in [0.1, 0.15) is 6.04 Å². The van der Waals surface area contributed by atoms with Crippen LogP contribution in [0.3, 0.4) is 0 Å². The summed E-state index contributed by atoms with van der Waals surface area (Å²) in [5.41, 5.74) is 3.97. The summed E-state index contributed by atoms with van der Waals surface area (Å²) in [6.07, 6.45) is 10.4. The molecule has 1 spiro atoms. The minimum atomic E-state index is -0.868. The maximum atomic E-state index is 14.8. The first-order valence-corrected chi connectivity index (χ1v) is 16.2. The number of rotatable bonds is 8. The van der Waals surface area contributed by atoms with Crippen LogP contribution >= 0.6 is 11.8 Å². The van der Waals surface area contributed by atoms with Gasteiger partial charge in [-0.2, -0.15) is 0 Å². The summed E-state index contributed by atoms with van der Waals surface area (Å²) in [6, 6.07) is 15.3. The van der Waals surface area contributed by atoms with Crippen molar-refractivity contribution in [2.75, 3.05) is 31.1 Å². The highest BCUT2D eigenvalue weighted by atomic mass is 32.2. The Morgan fingerprint density at radius 2 is 1.65 bits per heavy atom. The number of thioether (sulfide) groups is 1. The number of anilines is 1. The zero-order valence-corrected chi connectivity index (χ0v) is 26.1. The van der Waals surface area contributed by atoms with Crippen molar-refractivity contribution < 1.29 is 19.5 Å². The van der Waals surface area contributed by atoms with Gasteiger partial charge in [-0.25, -0.2) is 0 Å². The molecule has 43 heavy (non-hydrogen) atoms. The number of unbranched alkanes of at least 4 members (excludes halogenated alkanes) is 2. The van der Waals surface area contributed by atoms with Crippen molar-refractivity contribution in [1.82, 2.24) is 9.80 Å². The molecule has 6 rings (SSSR count). The Morgan fingerprint density at radius 1 is 0.884 bits per heavy atom. The molecule has 1 unspecified atom stereocenters. The molecule has 0 aromatic heterocycles. The highest BCUT2D eigenvalue weighted by Crippen LogP contribution is 2.65. The Labute approximate surface area is 258 Å². The minimum absolute atomic E-state index is 0.0311. The van der Waals surface area contributed by atoms with Gasteiger partial charge in [-0.3, -0.25) is 14.4 Å². The van der Waals surface area contributed by atoms with Crippen molar-refractivity contribution in [3.05, 3.63) is 89.5 Å². The maximum absolute atomic E-state index is 14.8. The van der Waals surface area contributed by atoms with Crippen LogP contribution in [-0.4, -0.2) is 74.4 Å². The lowest BCUT2D eigenvalue weighted by molar-refractivity contribution is -0.144. The van der Waals surface area contributed by atoms with Gasteiger partial charge in [-0.05, 0) is 62.8 Å². The largest absolute Gasteiger partial charge is 0.396 e. The molecule has 2 fully saturated rings. The van der Waals surface area contributed by atoms with Gasteiger partial charge < -0.3 is 19.8 Å². The Bertz CT molecular complexity index is 1470. The zero-order valence-electron chi connectivity index (χ0n) is 25.2. The second-order valence-corrected chi connectivity index (χ2v) is 14.4. The third-order valence-corrected chi connectivity index (χ3v) is 11.4. The van der Waals surface area contributed by atoms with Gasteiger partial charge in [0.05, 0.1) is 16.6 Å². The van der Waals surface area contributed by atoms with Crippen molar-refractivity contribution in [2.24, 2.45) is 11.8 Å². The number of carbonyl (C=O) groups is 3. The summed E-state index contributed by atoms with van der Waals surface area (Å²) >= 11 is 1.63. The Kier molecular flexibility index (Phi) is 8.03. The first-order chi connectivity index (χ1) is 20.7. The van der Waals surface area contributed by atoms with Crippen LogP contribution < -0.4 is 4.90 Å². The first kappa shape index (κ1) is 29.7. The van der Waals surface area contributed by atoms with E-state index in [1.165, 1.54) is 0 Å². The van der Waals surface area contributed by atoms with Gasteiger partial charge in [0.2, 0.25) is 11.8 Å². The predicted molar refractivity (Wildman–Crippen MR) is 171 cm³/mol. The number of fused-ring (bicyclic) bond motifs is 2. The summed E-state index contributed by atoms with van der Waals surface area (Å²) in [6.45, 7) is 7.98. The topological polar surface area (TPSA) is 81.2 Å². The van der Waals surface area contributed by atoms with Crippen LogP contribution in [0.4, 0.5) is 5.69 Å². The number of likely N-dealkylation sites (tertiary alicyclic amines) is 1. The molecule has 0 saturated carbocycles. The number of aryl methyl sites for hydroxylation is 2. The smallest absolute Gasteiger partial charge is 0.251 e. The van der Waals surface area contributed by atoms with E-state index >= 15 is 0 Å². The minimum Gasteiger partial charge on any atom is -0.396 e. The SMILES string of the molecule is Cc1ccc(C)c(N2CC=C[C@]34S[C@]5(C)C=CCN(Cc6ccccc6)C(=O)[C@@H]5[C@H]3C(=O)N(CCCCCO)C4C2=O)c1. The molecule has 0 aliphatic carbocycles. The second-order valence-electron chi connectivity index (χ2n) is 12.6. The Hall–Kier alpha value is -3.36. The molecular weight excluding hydrogens is 558 g/mol. The van der Waals surface area contributed by atoms with Crippen LogP contribution in [-0.2, 0) is 20.9 Å². The van der Waals surface area contributed by atoms with Crippen LogP contribution in [0, 0.1) is 25.7 Å². The van der Waals surface area contributed by atoms with E-state index in [0.717, 1.165) is 28.8 Å². The molecule has 2 aromatic carbocycles. The summed E-state index contributed by atoms with van der Waals surface area (Å²) in [5.74, 6) is -1.49. The fourth-order valence-corrected chi connectivity index (χ4v) is 9.71. The highest BCUT2D eigenvalue weighted by Gasteiger charge is 2.73. The number of aliphatic hydroxyl groups excluding tert-OH is 1. The summed E-state index contributed by atoms with van der Waals surface area (Å²) < 4.78 is -1.50. The Balaban J connectivity index is 1.42. The highest BCUT2D eigenvalue weighted by molar-refractivity contribution is 8.02. The molecule has 5 atom stereocenters. The van der Waals surface area contributed by atoms with E-state index in [0.29, 0.717) is 39.0 Å². The first-order valence-electron chi connectivity index (χ1n) is 15.4. The van der Waals surface area contributed by atoms with E-state index in [-0.39, 0.29) is 24.3 Å². The standard InChI is InChI=1S/C35H41N3O4S/c1-24-14-15-25(2)27(22-24)37-20-11-17-35-29(32(41)38(30(35)33(37)42)19-8-5-9-21-39)28-31(40)36(18-10-16-34(28,3)43-35)23-26-12-6-4-7-13-26/h4,6-7,10-17,22,28-30,39H,5,8-9,18-21,23H2,1-3H3/t28-,29-,30?,34+,35-/m0/s1. The van der Waals surface area contributed by atoms with E-state index in [9.17, 15) is 19.5 Å². The van der Waals surface area contributed by atoms with Crippen LogP contribution in [0.2, 0.25) is 0 Å². The lowest BCUT2D eigenvalue weighted by atomic mass is 9.74. The van der Waals surface area contributed by atoms with Crippen molar-refractivity contribution in [1.29, 1.82) is 0 Å². The Morgan fingerprint density at radius 3 is 2.42 bits per heavy atom. The van der Waals surface area contributed by atoms with Crippen LogP contribution in [0.25, 0.3) is 0 Å². The van der Waals surface area contributed by atoms with Crippen LogP contribution in [0.1, 0.15) is 42.9 Å². The zero-order chi connectivity index (χ0) is 30.4. The van der Waals surface area contributed by atoms with Gasteiger partial charge in [0.25, 0.3) is 5.91 Å². The number of hydrogen-bond donors (Lipinski definition) is 1. The van der Waals surface area contributed by atoms with Crippen molar-refractivity contribution in [2.45, 2.75) is 62.1 Å². The average molecular weight is 600 g/mol. The van der Waals surface area contributed by atoms with Gasteiger partial charge >= 0.3 is 0 Å². The normalized spacial score (nSPS) is 29.9. The molecule has 2 aromatic rings. The predicted octanol–water partition coefficient (Wildman–Crippen LogP) is 4.65. The lowest BCUT2D eigenvalue weighted by Crippen LogP contribution is -2.53. The molecule has 3 amide bonds. The number of benzene rings is 2. The molecule has 226 valence electrons. The molecular formula is C35H41N3O4S. The molecule has 8 heteroatoms. The molecule has 4 aliphatic heterocycles. The number of aliphatic hydroxyl groups is 1. The van der Waals surface area contributed by atoms with Gasteiger partial charge in [0, 0.05) is 43.2 Å². The van der Waals surface area contributed by atoms with Crippen LogP contribution in [0.15, 0.2) is 72.8 Å². The third-order valence-electron chi connectivity index (χ3n) is 9.57. The lowest BCUT2D eigenvalue weighted by Gasteiger charge is -2.37. The molecule has 7 nitrogen and oxygen atoms in total. The summed E-state index contributed by atoms with van der Waals surface area (Å²) in [4.78, 5) is 49.3. The van der Waals surface area contributed by atoms with Crippen molar-refractivity contribution in [3.63, 3.8) is 0 Å². The molecule has 2 saturated heterocycles. The monoisotopic (exact) mass is 599 g/mol. The third kappa shape index (κ3) is 5.02. The number of amides is 3. The molecule has 0 radical (unpaired) electrons. The molecule has 1 N–H and O–H groups in total. The molecule has 4 aliphatic rings. The van der Waals surface area contributed by atoms with Crippen molar-refractivity contribution in [3.8, 4) is 0 Å². The number of hydrogen-bond acceptors (Lipinski definition) is 5. The summed E-state index contributed by atoms with van der Waals surface area (Å²) in [5, 5.41) is 9.36. The van der Waals surface area contributed by atoms with Gasteiger partial charge in [-0.15, -0.1) is 11.8 Å². The van der Waals surface area contributed by atoms with Crippen molar-refractivity contribution >= 4 is 35.2 Å². The quantitative estimate of drug-likeness (QED) is 0.353. The molecule has 4 heterocycles.